The van der Waals surface area contributed by atoms with Crippen molar-refractivity contribution in [2.75, 3.05) is 20.3 Å². The predicted molar refractivity (Wildman–Crippen MR) is 55.9 cm³/mol. The molecule has 0 spiro atoms. The summed E-state index contributed by atoms with van der Waals surface area (Å²) in [5.74, 6) is 0.795. The van der Waals surface area contributed by atoms with Crippen molar-refractivity contribution in [1.82, 2.24) is 4.90 Å². The molecule has 2 aliphatic rings. The Morgan fingerprint density at radius 3 is 3.13 bits per heavy atom. The summed E-state index contributed by atoms with van der Waals surface area (Å²) >= 11 is 0. The zero-order valence-electron chi connectivity index (χ0n) is 8.93. The van der Waals surface area contributed by atoms with Crippen molar-refractivity contribution in [2.24, 2.45) is 0 Å². The topological polar surface area (TPSA) is 41.9 Å². The van der Waals surface area contributed by atoms with Crippen LogP contribution >= 0.6 is 0 Å². The first-order valence-corrected chi connectivity index (χ1v) is 5.29. The molecule has 0 aromatic carbocycles. The molecule has 15 heavy (non-hydrogen) atoms. The van der Waals surface area contributed by atoms with Crippen LogP contribution in [0.4, 0.5) is 0 Å². The number of aliphatic hydroxyl groups is 1. The van der Waals surface area contributed by atoms with Gasteiger partial charge in [0.25, 0.3) is 0 Å². The maximum atomic E-state index is 9.30. The van der Waals surface area contributed by atoms with Crippen LogP contribution in [0.3, 0.4) is 0 Å². The first kappa shape index (κ1) is 10.5. The van der Waals surface area contributed by atoms with Crippen LogP contribution in [0.5, 0.6) is 0 Å². The van der Waals surface area contributed by atoms with Gasteiger partial charge < -0.3 is 19.5 Å². The van der Waals surface area contributed by atoms with Crippen molar-refractivity contribution >= 4 is 0 Å². The van der Waals surface area contributed by atoms with Gasteiger partial charge in [-0.1, -0.05) is 0 Å². The van der Waals surface area contributed by atoms with Gasteiger partial charge in [-0.05, 0) is 25.0 Å². The Morgan fingerprint density at radius 1 is 1.67 bits per heavy atom. The van der Waals surface area contributed by atoms with E-state index in [4.69, 9.17) is 9.47 Å². The van der Waals surface area contributed by atoms with E-state index in [-0.39, 0.29) is 18.9 Å². The molecule has 0 bridgehead atoms. The van der Waals surface area contributed by atoms with Gasteiger partial charge in [-0.25, -0.2) is 0 Å². The lowest BCUT2D eigenvalue weighted by Crippen LogP contribution is -2.41. The number of aliphatic hydroxyl groups excluding tert-OH is 1. The van der Waals surface area contributed by atoms with E-state index >= 15 is 0 Å². The van der Waals surface area contributed by atoms with Gasteiger partial charge in [0.2, 0.25) is 0 Å². The Labute approximate surface area is 89.8 Å². The normalized spacial score (nSPS) is 30.5. The number of methoxy groups -OCH3 is 1. The van der Waals surface area contributed by atoms with E-state index in [1.807, 2.05) is 18.4 Å². The zero-order chi connectivity index (χ0) is 10.7. The summed E-state index contributed by atoms with van der Waals surface area (Å²) in [5, 5.41) is 9.30. The van der Waals surface area contributed by atoms with Crippen LogP contribution in [-0.4, -0.2) is 42.6 Å². The SMILES string of the molecule is COC1=CC(CO)N(C2CCCO2)C=C1. The summed E-state index contributed by atoms with van der Waals surface area (Å²) in [6.07, 6.45) is 7.98. The van der Waals surface area contributed by atoms with E-state index < -0.39 is 0 Å². The highest BCUT2D eigenvalue weighted by molar-refractivity contribution is 5.20. The van der Waals surface area contributed by atoms with E-state index in [2.05, 4.69) is 4.90 Å². The first-order valence-electron chi connectivity index (χ1n) is 5.29. The van der Waals surface area contributed by atoms with Crippen LogP contribution in [0.15, 0.2) is 24.1 Å². The van der Waals surface area contributed by atoms with Gasteiger partial charge in [-0.15, -0.1) is 0 Å². The fourth-order valence-corrected chi connectivity index (χ4v) is 1.99. The predicted octanol–water partition coefficient (Wildman–Crippen LogP) is 0.843. The average Bonchev–Trinajstić information content (AvgIpc) is 2.81. The number of ether oxygens (including phenoxy) is 2. The molecule has 2 rings (SSSR count). The molecule has 1 saturated heterocycles. The summed E-state index contributed by atoms with van der Waals surface area (Å²) in [6.45, 7) is 0.894. The molecular formula is C11H17NO3. The van der Waals surface area contributed by atoms with E-state index in [9.17, 15) is 5.11 Å². The molecule has 0 aromatic rings. The highest BCUT2D eigenvalue weighted by Gasteiger charge is 2.27. The molecule has 1 N–H and O–H groups in total. The van der Waals surface area contributed by atoms with Gasteiger partial charge >= 0.3 is 0 Å². The maximum absolute atomic E-state index is 9.30. The third-order valence-electron chi connectivity index (χ3n) is 2.81. The molecule has 1 fully saturated rings. The standard InChI is InChI=1S/C11H17NO3/c1-14-10-4-5-12(9(7-10)8-13)11-3-2-6-15-11/h4-5,7,9,11,13H,2-3,6,8H2,1H3. The molecule has 0 aliphatic carbocycles. The van der Waals surface area contributed by atoms with Gasteiger partial charge in [0.15, 0.2) is 0 Å². The molecule has 2 unspecified atom stereocenters. The molecular weight excluding hydrogens is 194 g/mol. The summed E-state index contributed by atoms with van der Waals surface area (Å²) in [4.78, 5) is 2.05. The second-order valence-electron chi connectivity index (χ2n) is 3.75. The number of hydrogen-bond acceptors (Lipinski definition) is 4. The maximum Gasteiger partial charge on any atom is 0.130 e. The highest BCUT2D eigenvalue weighted by Crippen LogP contribution is 2.23. The Bertz CT molecular complexity index is 269. The second kappa shape index (κ2) is 4.68. The van der Waals surface area contributed by atoms with E-state index in [1.165, 1.54) is 0 Å². The fourth-order valence-electron chi connectivity index (χ4n) is 1.99. The lowest BCUT2D eigenvalue weighted by atomic mass is 10.1. The van der Waals surface area contributed by atoms with Crippen LogP contribution in [0.2, 0.25) is 0 Å². The summed E-state index contributed by atoms with van der Waals surface area (Å²) in [6, 6.07) is -0.0342. The molecule has 4 heteroatoms. The van der Waals surface area contributed by atoms with Crippen molar-refractivity contribution in [3.63, 3.8) is 0 Å². The molecule has 0 aromatic heterocycles. The molecule has 2 atom stereocenters. The number of rotatable bonds is 3. The minimum Gasteiger partial charge on any atom is -0.497 e. The molecule has 2 heterocycles. The Morgan fingerprint density at radius 2 is 2.53 bits per heavy atom. The van der Waals surface area contributed by atoms with Gasteiger partial charge in [-0.3, -0.25) is 0 Å². The molecule has 0 radical (unpaired) electrons. The van der Waals surface area contributed by atoms with Gasteiger partial charge in [-0.2, -0.15) is 0 Å². The molecule has 2 aliphatic heterocycles. The third-order valence-corrected chi connectivity index (χ3v) is 2.81. The third kappa shape index (κ3) is 2.16. The van der Waals surface area contributed by atoms with Crippen molar-refractivity contribution in [3.8, 4) is 0 Å². The minimum atomic E-state index is -0.0342. The number of allylic oxidation sites excluding steroid dienone is 1. The zero-order valence-corrected chi connectivity index (χ0v) is 8.93. The van der Waals surface area contributed by atoms with Crippen molar-refractivity contribution in [1.29, 1.82) is 0 Å². The summed E-state index contributed by atoms with van der Waals surface area (Å²) < 4.78 is 10.7. The monoisotopic (exact) mass is 211 g/mol. The number of nitrogens with zero attached hydrogens (tertiary/aromatic N) is 1. The Hall–Kier alpha value is -1.00. The van der Waals surface area contributed by atoms with Crippen LogP contribution < -0.4 is 0 Å². The lowest BCUT2D eigenvalue weighted by Gasteiger charge is -2.34. The van der Waals surface area contributed by atoms with Gasteiger partial charge in [0.05, 0.1) is 19.8 Å². The summed E-state index contributed by atoms with van der Waals surface area (Å²) in [5.41, 5.74) is 0. The van der Waals surface area contributed by atoms with Crippen molar-refractivity contribution in [3.05, 3.63) is 24.1 Å². The van der Waals surface area contributed by atoms with Crippen LogP contribution in [-0.2, 0) is 9.47 Å². The fraction of sp³-hybridized carbons (Fsp3) is 0.636. The van der Waals surface area contributed by atoms with Crippen molar-refractivity contribution in [2.45, 2.75) is 25.1 Å². The van der Waals surface area contributed by atoms with Crippen molar-refractivity contribution < 1.29 is 14.6 Å². The van der Waals surface area contributed by atoms with Crippen LogP contribution in [0.1, 0.15) is 12.8 Å². The van der Waals surface area contributed by atoms with Gasteiger partial charge in [0.1, 0.15) is 12.0 Å². The largest absolute Gasteiger partial charge is 0.497 e. The second-order valence-corrected chi connectivity index (χ2v) is 3.75. The number of hydrogen-bond donors (Lipinski definition) is 1. The molecule has 0 saturated carbocycles. The van der Waals surface area contributed by atoms with E-state index in [1.54, 1.807) is 7.11 Å². The summed E-state index contributed by atoms with van der Waals surface area (Å²) in [7, 11) is 1.63. The lowest BCUT2D eigenvalue weighted by molar-refractivity contribution is -0.0170. The van der Waals surface area contributed by atoms with Crippen LogP contribution in [0.25, 0.3) is 0 Å². The average molecular weight is 211 g/mol. The minimum absolute atomic E-state index is 0.0342. The highest BCUT2D eigenvalue weighted by atomic mass is 16.5. The van der Waals surface area contributed by atoms with E-state index in [0.29, 0.717) is 0 Å². The first-order chi connectivity index (χ1) is 7.35. The van der Waals surface area contributed by atoms with Crippen LogP contribution in [0, 0.1) is 0 Å². The quantitative estimate of drug-likeness (QED) is 0.751. The Kier molecular flexibility index (Phi) is 3.28. The molecule has 84 valence electrons. The smallest absolute Gasteiger partial charge is 0.130 e. The Balaban J connectivity index is 2.06. The molecule has 0 amide bonds. The molecule has 4 nitrogen and oxygen atoms in total. The van der Waals surface area contributed by atoms with E-state index in [0.717, 1.165) is 25.2 Å². The van der Waals surface area contributed by atoms with Gasteiger partial charge in [0, 0.05) is 12.8 Å².